The highest BCUT2D eigenvalue weighted by atomic mass is 16.8. The second-order valence-corrected chi connectivity index (χ2v) is 7.55. The van der Waals surface area contributed by atoms with E-state index in [0.717, 1.165) is 19.3 Å². The Morgan fingerprint density at radius 3 is 2.62 bits per heavy atom. The monoisotopic (exact) mass is 296 g/mol. The first-order valence-corrected chi connectivity index (χ1v) is 7.63. The standard InChI is InChI=1S/C16H24O5/c1-14(2)5-4-6-15(3)12(14)11(18)7-10(8-17)16(15)9-20-13(19)21-16/h7,11-12,17-18H,4-6,8-9H2,1-3H3/t11-,12+,15+,16-/m1/s1. The Kier molecular flexibility index (Phi) is 3.16. The largest absolute Gasteiger partial charge is 0.509 e. The number of rotatable bonds is 1. The molecule has 2 aliphatic carbocycles. The van der Waals surface area contributed by atoms with Crippen LogP contribution in [0.1, 0.15) is 40.0 Å². The maximum atomic E-state index is 11.6. The third-order valence-corrected chi connectivity index (χ3v) is 6.02. The number of fused-ring (bicyclic) bond motifs is 2. The Bertz CT molecular complexity index is 497. The van der Waals surface area contributed by atoms with Gasteiger partial charge in [-0.05, 0) is 18.3 Å². The van der Waals surface area contributed by atoms with Gasteiger partial charge in [-0.1, -0.05) is 33.3 Å². The van der Waals surface area contributed by atoms with Crippen molar-refractivity contribution in [2.24, 2.45) is 16.7 Å². The molecule has 0 radical (unpaired) electrons. The van der Waals surface area contributed by atoms with Crippen LogP contribution in [0.25, 0.3) is 0 Å². The van der Waals surface area contributed by atoms with Gasteiger partial charge in [0.15, 0.2) is 5.60 Å². The molecule has 1 aliphatic heterocycles. The molecule has 0 aromatic rings. The fraction of sp³-hybridized carbons (Fsp3) is 0.812. The normalized spacial score (nSPS) is 44.8. The first-order valence-electron chi connectivity index (χ1n) is 7.63. The highest BCUT2D eigenvalue weighted by Gasteiger charge is 2.67. The summed E-state index contributed by atoms with van der Waals surface area (Å²) in [6, 6.07) is 0. The summed E-state index contributed by atoms with van der Waals surface area (Å²) >= 11 is 0. The second-order valence-electron chi connectivity index (χ2n) is 7.55. The van der Waals surface area contributed by atoms with Crippen LogP contribution in [0.2, 0.25) is 0 Å². The van der Waals surface area contributed by atoms with Gasteiger partial charge in [-0.2, -0.15) is 0 Å². The molecule has 1 saturated carbocycles. The van der Waals surface area contributed by atoms with Crippen LogP contribution < -0.4 is 0 Å². The Morgan fingerprint density at radius 2 is 2.05 bits per heavy atom. The number of ether oxygens (including phenoxy) is 2. The highest BCUT2D eigenvalue weighted by Crippen LogP contribution is 2.63. The van der Waals surface area contributed by atoms with E-state index < -0.39 is 23.3 Å². The van der Waals surface area contributed by atoms with Crippen molar-refractivity contribution in [2.75, 3.05) is 13.2 Å². The van der Waals surface area contributed by atoms with E-state index in [1.165, 1.54) is 0 Å². The minimum atomic E-state index is -0.944. The van der Waals surface area contributed by atoms with Gasteiger partial charge in [0.25, 0.3) is 0 Å². The first kappa shape index (κ1) is 14.9. The number of cyclic esters (lactones) is 1. The number of aliphatic hydroxyl groups excluding tert-OH is 2. The number of carbonyl (C=O) groups is 1. The molecule has 5 nitrogen and oxygen atoms in total. The van der Waals surface area contributed by atoms with Gasteiger partial charge in [0.1, 0.15) is 6.61 Å². The molecular formula is C16H24O5. The lowest BCUT2D eigenvalue weighted by atomic mass is 9.46. The van der Waals surface area contributed by atoms with Crippen molar-refractivity contribution in [1.82, 2.24) is 0 Å². The van der Waals surface area contributed by atoms with Crippen LogP contribution in [0.15, 0.2) is 11.6 Å². The molecule has 1 spiro atoms. The quantitative estimate of drug-likeness (QED) is 0.572. The van der Waals surface area contributed by atoms with Gasteiger partial charge in [-0.3, -0.25) is 0 Å². The van der Waals surface area contributed by atoms with E-state index in [0.29, 0.717) is 5.57 Å². The molecule has 118 valence electrons. The average Bonchev–Trinajstić information content (AvgIpc) is 2.77. The molecule has 0 amide bonds. The summed E-state index contributed by atoms with van der Waals surface area (Å²) in [6.45, 7) is 6.25. The van der Waals surface area contributed by atoms with Gasteiger partial charge < -0.3 is 19.7 Å². The number of hydrogen-bond acceptors (Lipinski definition) is 5. The van der Waals surface area contributed by atoms with Crippen LogP contribution in [-0.2, 0) is 9.47 Å². The zero-order chi connectivity index (χ0) is 15.5. The van der Waals surface area contributed by atoms with Crippen molar-refractivity contribution in [3.8, 4) is 0 Å². The third kappa shape index (κ3) is 1.80. The van der Waals surface area contributed by atoms with Crippen LogP contribution in [0.5, 0.6) is 0 Å². The molecule has 21 heavy (non-hydrogen) atoms. The minimum absolute atomic E-state index is 0.0384. The minimum Gasteiger partial charge on any atom is -0.430 e. The predicted molar refractivity (Wildman–Crippen MR) is 75.6 cm³/mol. The van der Waals surface area contributed by atoms with Crippen molar-refractivity contribution in [1.29, 1.82) is 0 Å². The highest BCUT2D eigenvalue weighted by molar-refractivity contribution is 5.65. The molecule has 2 N–H and O–H groups in total. The van der Waals surface area contributed by atoms with E-state index in [1.807, 2.05) is 0 Å². The summed E-state index contributed by atoms with van der Waals surface area (Å²) < 4.78 is 10.7. The van der Waals surface area contributed by atoms with E-state index in [1.54, 1.807) is 6.08 Å². The molecule has 1 saturated heterocycles. The topological polar surface area (TPSA) is 76.0 Å². The lowest BCUT2D eigenvalue weighted by Crippen LogP contribution is -2.64. The molecule has 5 heteroatoms. The Morgan fingerprint density at radius 1 is 1.33 bits per heavy atom. The van der Waals surface area contributed by atoms with Crippen LogP contribution in [-0.4, -0.2) is 41.3 Å². The maximum Gasteiger partial charge on any atom is 0.509 e. The number of carbonyl (C=O) groups excluding carboxylic acids is 1. The van der Waals surface area contributed by atoms with Crippen molar-refractivity contribution in [3.05, 3.63) is 11.6 Å². The summed E-state index contributed by atoms with van der Waals surface area (Å²) in [5, 5.41) is 20.4. The summed E-state index contributed by atoms with van der Waals surface area (Å²) in [6.07, 6.45) is 3.21. The fourth-order valence-electron chi connectivity index (χ4n) is 5.16. The van der Waals surface area contributed by atoms with Gasteiger partial charge in [-0.15, -0.1) is 0 Å². The summed E-state index contributed by atoms with van der Waals surface area (Å²) in [5.74, 6) is -0.0384. The lowest BCUT2D eigenvalue weighted by Gasteiger charge is -2.60. The van der Waals surface area contributed by atoms with E-state index in [2.05, 4.69) is 20.8 Å². The van der Waals surface area contributed by atoms with Crippen molar-refractivity contribution >= 4 is 6.16 Å². The molecule has 0 bridgehead atoms. The van der Waals surface area contributed by atoms with Gasteiger partial charge in [-0.25, -0.2) is 4.79 Å². The second kappa shape index (κ2) is 4.46. The summed E-state index contributed by atoms with van der Waals surface area (Å²) in [7, 11) is 0. The third-order valence-electron chi connectivity index (χ3n) is 6.02. The van der Waals surface area contributed by atoms with E-state index in [-0.39, 0.29) is 24.5 Å². The van der Waals surface area contributed by atoms with Crippen LogP contribution in [0.3, 0.4) is 0 Å². The first-order chi connectivity index (χ1) is 9.77. The fourth-order valence-corrected chi connectivity index (χ4v) is 5.16. The van der Waals surface area contributed by atoms with E-state index >= 15 is 0 Å². The summed E-state index contributed by atoms with van der Waals surface area (Å²) in [5.41, 5.74) is -0.878. The zero-order valence-electron chi connectivity index (χ0n) is 12.9. The number of aliphatic hydroxyl groups is 2. The Hall–Kier alpha value is -1.07. The Balaban J connectivity index is 2.17. The average molecular weight is 296 g/mol. The zero-order valence-corrected chi connectivity index (χ0v) is 12.9. The molecule has 1 heterocycles. The summed E-state index contributed by atoms with van der Waals surface area (Å²) in [4.78, 5) is 11.6. The van der Waals surface area contributed by atoms with Crippen LogP contribution in [0.4, 0.5) is 4.79 Å². The number of hydrogen-bond donors (Lipinski definition) is 2. The van der Waals surface area contributed by atoms with Gasteiger partial charge in [0, 0.05) is 16.9 Å². The molecule has 2 fully saturated rings. The van der Waals surface area contributed by atoms with Gasteiger partial charge in [0.2, 0.25) is 0 Å². The Labute approximate surface area is 124 Å². The van der Waals surface area contributed by atoms with Gasteiger partial charge >= 0.3 is 6.16 Å². The molecule has 3 aliphatic rings. The van der Waals surface area contributed by atoms with Crippen molar-refractivity contribution < 1.29 is 24.5 Å². The molecule has 0 unspecified atom stereocenters. The molecular weight excluding hydrogens is 272 g/mol. The predicted octanol–water partition coefficient (Wildman–Crippen LogP) is 2.02. The maximum absolute atomic E-state index is 11.6. The lowest BCUT2D eigenvalue weighted by molar-refractivity contribution is -0.161. The van der Waals surface area contributed by atoms with Crippen LogP contribution >= 0.6 is 0 Å². The van der Waals surface area contributed by atoms with E-state index in [4.69, 9.17) is 9.47 Å². The van der Waals surface area contributed by atoms with Crippen molar-refractivity contribution in [3.63, 3.8) is 0 Å². The van der Waals surface area contributed by atoms with E-state index in [9.17, 15) is 15.0 Å². The smallest absolute Gasteiger partial charge is 0.430 e. The van der Waals surface area contributed by atoms with Crippen molar-refractivity contribution in [2.45, 2.75) is 51.7 Å². The van der Waals surface area contributed by atoms with Crippen LogP contribution in [0, 0.1) is 16.7 Å². The van der Waals surface area contributed by atoms with Gasteiger partial charge in [0.05, 0.1) is 12.7 Å². The SMILES string of the molecule is CC1(C)CCC[C@@]2(C)[C@H]1[C@H](O)C=C(CO)[C@]21COC(=O)O1. The molecule has 3 rings (SSSR count). The molecule has 4 atom stereocenters. The molecule has 0 aromatic carbocycles. The molecule has 0 aromatic heterocycles.